The lowest BCUT2D eigenvalue weighted by Crippen LogP contribution is -1.99. The third-order valence-corrected chi connectivity index (χ3v) is 2.63. The van der Waals surface area contributed by atoms with Crippen LogP contribution in [0.15, 0.2) is 6.07 Å². The fraction of sp³-hybridized carbons (Fsp3) is 0.250. The number of aromatic nitrogens is 1. The maximum atomic E-state index is 12.4. The van der Waals surface area contributed by atoms with Crippen molar-refractivity contribution in [1.29, 1.82) is 5.26 Å². The smallest absolute Gasteiger partial charge is 0.245 e. The molecular weight excluding hydrogens is 324 g/mol. The Kier molecular flexibility index (Phi) is 4.01. The molecule has 1 rings (SSSR count). The number of alkyl halides is 2. The van der Waals surface area contributed by atoms with Crippen LogP contribution in [0.3, 0.4) is 0 Å². The van der Waals surface area contributed by atoms with E-state index in [-0.39, 0.29) is 20.7 Å². The van der Waals surface area contributed by atoms with Gasteiger partial charge in [0.15, 0.2) is 0 Å². The van der Waals surface area contributed by atoms with Gasteiger partial charge in [-0.2, -0.15) is 5.26 Å². The standard InChI is InChI=1S/C8H4ClF2IN2/c9-5-3-4(1-2-13)14-8(12)6(5)7(10)11/h3,7H,1H2. The first-order chi connectivity index (χ1) is 6.56. The second-order valence-corrected chi connectivity index (χ2v) is 3.86. The minimum Gasteiger partial charge on any atom is -0.245 e. The van der Waals surface area contributed by atoms with E-state index in [1.165, 1.54) is 6.07 Å². The number of rotatable bonds is 2. The van der Waals surface area contributed by atoms with Gasteiger partial charge >= 0.3 is 0 Å². The number of nitriles is 1. The van der Waals surface area contributed by atoms with Crippen molar-refractivity contribution in [3.05, 3.63) is 26.0 Å². The highest BCUT2D eigenvalue weighted by Crippen LogP contribution is 2.30. The summed E-state index contributed by atoms with van der Waals surface area (Å²) in [6, 6.07) is 3.18. The quantitative estimate of drug-likeness (QED) is 0.617. The van der Waals surface area contributed by atoms with Crippen molar-refractivity contribution in [1.82, 2.24) is 4.98 Å². The minimum absolute atomic E-state index is 0.0374. The summed E-state index contributed by atoms with van der Waals surface area (Å²) < 4.78 is 25.0. The number of nitrogens with zero attached hydrogens (tertiary/aromatic N) is 2. The first-order valence-electron chi connectivity index (χ1n) is 3.56. The Balaban J connectivity index is 3.19. The van der Waals surface area contributed by atoms with Gasteiger partial charge in [0.2, 0.25) is 0 Å². The Morgan fingerprint density at radius 3 is 2.71 bits per heavy atom. The fourth-order valence-electron chi connectivity index (χ4n) is 0.907. The van der Waals surface area contributed by atoms with E-state index in [0.29, 0.717) is 5.69 Å². The Labute approximate surface area is 98.0 Å². The molecule has 6 heteroatoms. The molecule has 1 heterocycles. The van der Waals surface area contributed by atoms with Crippen LogP contribution in [0.4, 0.5) is 8.78 Å². The molecule has 0 bridgehead atoms. The van der Waals surface area contributed by atoms with Crippen LogP contribution >= 0.6 is 34.2 Å². The van der Waals surface area contributed by atoms with E-state index in [1.807, 2.05) is 6.07 Å². The van der Waals surface area contributed by atoms with Crippen LogP contribution in [0.2, 0.25) is 5.02 Å². The van der Waals surface area contributed by atoms with E-state index >= 15 is 0 Å². The number of pyridine rings is 1. The third-order valence-electron chi connectivity index (χ3n) is 1.49. The van der Waals surface area contributed by atoms with Gasteiger partial charge in [-0.15, -0.1) is 0 Å². The average Bonchev–Trinajstić information content (AvgIpc) is 2.01. The zero-order valence-electron chi connectivity index (χ0n) is 6.77. The van der Waals surface area contributed by atoms with Gasteiger partial charge in [0.1, 0.15) is 3.70 Å². The lowest BCUT2D eigenvalue weighted by Gasteiger charge is -2.06. The fourth-order valence-corrected chi connectivity index (χ4v) is 2.20. The van der Waals surface area contributed by atoms with E-state index < -0.39 is 6.43 Å². The summed E-state index contributed by atoms with van der Waals surface area (Å²) in [4.78, 5) is 3.84. The second kappa shape index (κ2) is 4.84. The van der Waals surface area contributed by atoms with Gasteiger partial charge in [0.05, 0.1) is 28.8 Å². The third kappa shape index (κ3) is 2.51. The summed E-state index contributed by atoms with van der Waals surface area (Å²) >= 11 is 7.31. The van der Waals surface area contributed by atoms with Gasteiger partial charge in [0.25, 0.3) is 6.43 Å². The normalized spacial score (nSPS) is 10.3. The van der Waals surface area contributed by atoms with Gasteiger partial charge in [-0.3, -0.25) is 0 Å². The molecule has 0 unspecified atom stereocenters. The molecule has 0 saturated carbocycles. The van der Waals surface area contributed by atoms with Crippen LogP contribution in [-0.2, 0) is 6.42 Å². The second-order valence-electron chi connectivity index (χ2n) is 2.44. The monoisotopic (exact) mass is 328 g/mol. The van der Waals surface area contributed by atoms with Crippen molar-refractivity contribution in [3.63, 3.8) is 0 Å². The number of hydrogen-bond acceptors (Lipinski definition) is 2. The van der Waals surface area contributed by atoms with Gasteiger partial charge in [0, 0.05) is 0 Å². The molecule has 0 radical (unpaired) electrons. The SMILES string of the molecule is N#CCc1cc(Cl)c(C(F)F)c(I)n1. The van der Waals surface area contributed by atoms with E-state index in [2.05, 4.69) is 4.98 Å². The minimum atomic E-state index is -2.64. The summed E-state index contributed by atoms with van der Waals surface area (Å²) in [5, 5.41) is 8.36. The van der Waals surface area contributed by atoms with Crippen molar-refractivity contribution in [2.75, 3.05) is 0 Å². The van der Waals surface area contributed by atoms with Crippen molar-refractivity contribution in [2.24, 2.45) is 0 Å². The Morgan fingerprint density at radius 1 is 1.64 bits per heavy atom. The maximum Gasteiger partial charge on any atom is 0.267 e. The molecular formula is C8H4ClF2IN2. The molecule has 14 heavy (non-hydrogen) atoms. The molecule has 0 aliphatic carbocycles. The topological polar surface area (TPSA) is 36.7 Å². The van der Waals surface area contributed by atoms with E-state index in [9.17, 15) is 8.78 Å². The predicted molar refractivity (Wildman–Crippen MR) is 56.2 cm³/mol. The summed E-state index contributed by atoms with van der Waals surface area (Å²) in [5.41, 5.74) is 0.139. The summed E-state index contributed by atoms with van der Waals surface area (Å²) in [6.07, 6.45) is -2.57. The Bertz CT molecular complexity index is 366. The Hall–Kier alpha value is -0.480. The van der Waals surface area contributed by atoms with Crippen molar-refractivity contribution < 1.29 is 8.78 Å². The van der Waals surface area contributed by atoms with Crippen molar-refractivity contribution in [3.8, 4) is 6.07 Å². The molecule has 0 spiro atoms. The maximum absolute atomic E-state index is 12.4. The summed E-state index contributed by atoms with van der Waals surface area (Å²) in [6.45, 7) is 0. The Morgan fingerprint density at radius 2 is 2.29 bits per heavy atom. The van der Waals surface area contributed by atoms with Gasteiger partial charge in [-0.25, -0.2) is 13.8 Å². The first kappa shape index (κ1) is 11.6. The number of halogens is 4. The molecule has 0 amide bonds. The van der Waals surface area contributed by atoms with Crippen LogP contribution < -0.4 is 0 Å². The number of hydrogen-bond donors (Lipinski definition) is 0. The van der Waals surface area contributed by atoms with Gasteiger partial charge in [-0.1, -0.05) is 11.6 Å². The highest BCUT2D eigenvalue weighted by atomic mass is 127. The van der Waals surface area contributed by atoms with Crippen LogP contribution in [0.25, 0.3) is 0 Å². The highest BCUT2D eigenvalue weighted by Gasteiger charge is 2.18. The molecule has 0 aromatic carbocycles. The highest BCUT2D eigenvalue weighted by molar-refractivity contribution is 14.1. The van der Waals surface area contributed by atoms with Crippen LogP contribution in [0, 0.1) is 15.0 Å². The van der Waals surface area contributed by atoms with Crippen LogP contribution in [0.5, 0.6) is 0 Å². The molecule has 0 saturated heterocycles. The predicted octanol–water partition coefficient (Wildman–Crippen LogP) is 3.34. The molecule has 0 N–H and O–H groups in total. The van der Waals surface area contributed by atoms with E-state index in [4.69, 9.17) is 16.9 Å². The lowest BCUT2D eigenvalue weighted by atomic mass is 10.2. The molecule has 74 valence electrons. The van der Waals surface area contributed by atoms with Crippen LogP contribution in [-0.4, -0.2) is 4.98 Å². The molecule has 2 nitrogen and oxygen atoms in total. The van der Waals surface area contributed by atoms with Crippen molar-refractivity contribution >= 4 is 34.2 Å². The van der Waals surface area contributed by atoms with Gasteiger partial charge in [-0.05, 0) is 28.7 Å². The molecule has 0 aliphatic rings. The zero-order valence-corrected chi connectivity index (χ0v) is 9.68. The lowest BCUT2D eigenvalue weighted by molar-refractivity contribution is 0.150. The average molecular weight is 328 g/mol. The van der Waals surface area contributed by atoms with Gasteiger partial charge < -0.3 is 0 Å². The molecule has 1 aromatic rings. The largest absolute Gasteiger partial charge is 0.267 e. The van der Waals surface area contributed by atoms with E-state index in [0.717, 1.165) is 0 Å². The zero-order chi connectivity index (χ0) is 10.7. The molecule has 0 aliphatic heterocycles. The molecule has 0 fully saturated rings. The molecule has 1 aromatic heterocycles. The van der Waals surface area contributed by atoms with Crippen molar-refractivity contribution in [2.45, 2.75) is 12.8 Å². The molecule has 0 atom stereocenters. The summed E-state index contributed by atoms with van der Waals surface area (Å²) in [5.74, 6) is 0. The first-order valence-corrected chi connectivity index (χ1v) is 5.02. The summed E-state index contributed by atoms with van der Waals surface area (Å²) in [7, 11) is 0. The van der Waals surface area contributed by atoms with Crippen LogP contribution in [0.1, 0.15) is 17.7 Å². The van der Waals surface area contributed by atoms with E-state index in [1.54, 1.807) is 22.6 Å².